The van der Waals surface area contributed by atoms with Gasteiger partial charge in [0.1, 0.15) is 0 Å². The van der Waals surface area contributed by atoms with Crippen molar-refractivity contribution < 1.29 is 9.90 Å². The molecule has 0 unspecified atom stereocenters. The van der Waals surface area contributed by atoms with Crippen molar-refractivity contribution in [2.45, 2.75) is 19.8 Å². The van der Waals surface area contributed by atoms with Crippen LogP contribution in [0, 0.1) is 6.92 Å². The Hall–Kier alpha value is -2.73. The molecular formula is C18H17N3O2S. The SMILES string of the molecule is Cc1nc(Nc2ccc(Cc3ccncc3)cc2)sc1CC(=O)O. The summed E-state index contributed by atoms with van der Waals surface area (Å²) in [6, 6.07) is 12.2. The van der Waals surface area contributed by atoms with Crippen LogP contribution in [0.2, 0.25) is 0 Å². The van der Waals surface area contributed by atoms with Gasteiger partial charge in [0, 0.05) is 23.0 Å². The molecule has 6 heteroatoms. The van der Waals surface area contributed by atoms with Crippen molar-refractivity contribution in [1.82, 2.24) is 9.97 Å². The highest BCUT2D eigenvalue weighted by atomic mass is 32.1. The highest BCUT2D eigenvalue weighted by Crippen LogP contribution is 2.26. The van der Waals surface area contributed by atoms with E-state index in [0.717, 1.165) is 22.7 Å². The fourth-order valence-corrected chi connectivity index (χ4v) is 3.32. The fraction of sp³-hybridized carbons (Fsp3) is 0.167. The maximum atomic E-state index is 10.8. The Morgan fingerprint density at radius 3 is 2.46 bits per heavy atom. The normalized spacial score (nSPS) is 10.5. The van der Waals surface area contributed by atoms with Crippen molar-refractivity contribution in [2.75, 3.05) is 5.32 Å². The lowest BCUT2D eigenvalue weighted by molar-refractivity contribution is -0.136. The molecule has 0 aliphatic rings. The zero-order valence-corrected chi connectivity index (χ0v) is 14.0. The number of hydrogen-bond donors (Lipinski definition) is 2. The molecule has 0 fully saturated rings. The van der Waals surface area contributed by atoms with E-state index >= 15 is 0 Å². The molecule has 0 radical (unpaired) electrons. The number of hydrogen-bond acceptors (Lipinski definition) is 5. The Kier molecular flexibility index (Phi) is 4.86. The Balaban J connectivity index is 1.67. The van der Waals surface area contributed by atoms with Crippen LogP contribution in [0.25, 0.3) is 0 Å². The average molecular weight is 339 g/mol. The lowest BCUT2D eigenvalue weighted by Crippen LogP contribution is -1.99. The molecule has 0 aliphatic carbocycles. The minimum atomic E-state index is -0.839. The first-order valence-corrected chi connectivity index (χ1v) is 8.35. The molecule has 2 aromatic heterocycles. The second-order valence-corrected chi connectivity index (χ2v) is 6.54. The van der Waals surface area contributed by atoms with E-state index in [0.29, 0.717) is 5.13 Å². The van der Waals surface area contributed by atoms with Gasteiger partial charge in [0.05, 0.1) is 12.1 Å². The van der Waals surface area contributed by atoms with E-state index in [4.69, 9.17) is 5.11 Å². The molecule has 0 aliphatic heterocycles. The van der Waals surface area contributed by atoms with Gasteiger partial charge in [-0.2, -0.15) is 0 Å². The number of aromatic nitrogens is 2. The van der Waals surface area contributed by atoms with Gasteiger partial charge in [0.25, 0.3) is 0 Å². The molecule has 0 amide bonds. The van der Waals surface area contributed by atoms with Crippen LogP contribution in [-0.4, -0.2) is 21.0 Å². The number of thiazole rings is 1. The van der Waals surface area contributed by atoms with Gasteiger partial charge in [-0.15, -0.1) is 11.3 Å². The molecule has 122 valence electrons. The van der Waals surface area contributed by atoms with Crippen LogP contribution in [0.4, 0.5) is 10.8 Å². The summed E-state index contributed by atoms with van der Waals surface area (Å²) in [5.41, 5.74) is 4.14. The van der Waals surface area contributed by atoms with E-state index in [-0.39, 0.29) is 6.42 Å². The van der Waals surface area contributed by atoms with Crippen molar-refractivity contribution >= 4 is 28.1 Å². The summed E-state index contributed by atoms with van der Waals surface area (Å²) < 4.78 is 0. The zero-order valence-electron chi connectivity index (χ0n) is 13.2. The molecule has 0 spiro atoms. The molecule has 0 bridgehead atoms. The highest BCUT2D eigenvalue weighted by Gasteiger charge is 2.11. The average Bonchev–Trinajstić information content (AvgIpc) is 2.89. The van der Waals surface area contributed by atoms with Gasteiger partial charge in [0.2, 0.25) is 0 Å². The lowest BCUT2D eigenvalue weighted by atomic mass is 10.1. The van der Waals surface area contributed by atoms with Crippen molar-refractivity contribution in [2.24, 2.45) is 0 Å². The molecular weight excluding hydrogens is 322 g/mol. The van der Waals surface area contributed by atoms with Gasteiger partial charge in [-0.3, -0.25) is 9.78 Å². The lowest BCUT2D eigenvalue weighted by Gasteiger charge is -2.05. The first-order valence-electron chi connectivity index (χ1n) is 7.53. The summed E-state index contributed by atoms with van der Waals surface area (Å²) in [5, 5.41) is 12.8. The maximum absolute atomic E-state index is 10.8. The second-order valence-electron chi connectivity index (χ2n) is 5.45. The molecule has 2 N–H and O–H groups in total. The highest BCUT2D eigenvalue weighted by molar-refractivity contribution is 7.15. The summed E-state index contributed by atoms with van der Waals surface area (Å²) in [4.78, 5) is 20.0. The van der Waals surface area contributed by atoms with Crippen LogP contribution in [0.3, 0.4) is 0 Å². The van der Waals surface area contributed by atoms with Gasteiger partial charge < -0.3 is 10.4 Å². The van der Waals surface area contributed by atoms with E-state index in [2.05, 4.69) is 27.4 Å². The van der Waals surface area contributed by atoms with Crippen molar-refractivity contribution in [3.05, 3.63) is 70.5 Å². The molecule has 0 saturated heterocycles. The predicted octanol–water partition coefficient (Wildman–Crippen LogP) is 3.81. The monoisotopic (exact) mass is 339 g/mol. The van der Waals surface area contributed by atoms with Crippen LogP contribution >= 0.6 is 11.3 Å². The van der Waals surface area contributed by atoms with Crippen molar-refractivity contribution in [1.29, 1.82) is 0 Å². The predicted molar refractivity (Wildman–Crippen MR) is 95.0 cm³/mol. The summed E-state index contributed by atoms with van der Waals surface area (Å²) >= 11 is 1.38. The molecule has 5 nitrogen and oxygen atoms in total. The number of rotatable bonds is 6. The summed E-state index contributed by atoms with van der Waals surface area (Å²) in [6.45, 7) is 1.83. The van der Waals surface area contributed by atoms with E-state index in [1.165, 1.54) is 22.5 Å². The van der Waals surface area contributed by atoms with Crippen molar-refractivity contribution in [3.63, 3.8) is 0 Å². The van der Waals surface area contributed by atoms with Gasteiger partial charge >= 0.3 is 5.97 Å². The Morgan fingerprint density at radius 2 is 1.79 bits per heavy atom. The summed E-state index contributed by atoms with van der Waals surface area (Å²) in [6.07, 6.45) is 4.47. The van der Waals surface area contributed by atoms with E-state index in [9.17, 15) is 4.79 Å². The molecule has 24 heavy (non-hydrogen) atoms. The number of carboxylic acid groups (broad SMARTS) is 1. The number of benzene rings is 1. The molecule has 3 aromatic rings. The van der Waals surface area contributed by atoms with Crippen LogP contribution in [0.5, 0.6) is 0 Å². The van der Waals surface area contributed by atoms with E-state index < -0.39 is 5.97 Å². The quantitative estimate of drug-likeness (QED) is 0.714. The van der Waals surface area contributed by atoms with Crippen LogP contribution in [-0.2, 0) is 17.6 Å². The Bertz CT molecular complexity index is 829. The first kappa shape index (κ1) is 16.1. The number of carbonyl (C=O) groups is 1. The number of pyridine rings is 1. The van der Waals surface area contributed by atoms with Crippen LogP contribution < -0.4 is 5.32 Å². The number of aliphatic carboxylic acids is 1. The van der Waals surface area contributed by atoms with Gasteiger partial charge in [-0.05, 0) is 48.7 Å². The van der Waals surface area contributed by atoms with Gasteiger partial charge in [-0.1, -0.05) is 12.1 Å². The standard InChI is InChI=1S/C18H17N3O2S/c1-12-16(11-17(22)23)24-18(20-12)21-15-4-2-13(3-5-15)10-14-6-8-19-9-7-14/h2-9H,10-11H2,1H3,(H,20,21)(H,22,23). The summed E-state index contributed by atoms with van der Waals surface area (Å²) in [5.74, 6) is -0.839. The molecule has 2 heterocycles. The smallest absolute Gasteiger partial charge is 0.308 e. The zero-order chi connectivity index (χ0) is 16.9. The number of carboxylic acids is 1. The third kappa shape index (κ3) is 4.17. The largest absolute Gasteiger partial charge is 0.481 e. The third-order valence-corrected chi connectivity index (χ3v) is 4.64. The molecule has 1 aromatic carbocycles. The maximum Gasteiger partial charge on any atom is 0.308 e. The number of nitrogens with one attached hydrogen (secondary N) is 1. The topological polar surface area (TPSA) is 75.1 Å². The molecule has 0 saturated carbocycles. The van der Waals surface area contributed by atoms with E-state index in [1.54, 1.807) is 12.4 Å². The Labute approximate surface area is 144 Å². The minimum absolute atomic E-state index is 0.00997. The van der Waals surface area contributed by atoms with Crippen molar-refractivity contribution in [3.8, 4) is 0 Å². The second kappa shape index (κ2) is 7.23. The van der Waals surface area contributed by atoms with Crippen LogP contribution in [0.1, 0.15) is 21.7 Å². The Morgan fingerprint density at radius 1 is 1.12 bits per heavy atom. The van der Waals surface area contributed by atoms with Gasteiger partial charge in [-0.25, -0.2) is 4.98 Å². The van der Waals surface area contributed by atoms with Gasteiger partial charge in [0.15, 0.2) is 5.13 Å². The minimum Gasteiger partial charge on any atom is -0.481 e. The molecule has 3 rings (SSSR count). The van der Waals surface area contributed by atoms with E-state index in [1.807, 2.05) is 31.2 Å². The molecule has 0 atom stereocenters. The number of anilines is 2. The first-order chi connectivity index (χ1) is 11.6. The number of nitrogens with zero attached hydrogens (tertiary/aromatic N) is 2. The number of aryl methyl sites for hydroxylation is 1. The summed E-state index contributed by atoms with van der Waals surface area (Å²) in [7, 11) is 0. The van der Waals surface area contributed by atoms with Crippen LogP contribution in [0.15, 0.2) is 48.8 Å². The third-order valence-electron chi connectivity index (χ3n) is 3.57. The fourth-order valence-electron chi connectivity index (χ4n) is 2.35.